The summed E-state index contributed by atoms with van der Waals surface area (Å²) in [4.78, 5) is 38.9. The highest BCUT2D eigenvalue weighted by Crippen LogP contribution is 2.22. The maximum absolute atomic E-state index is 13.2. The van der Waals surface area contributed by atoms with E-state index in [1.807, 2.05) is 40.6 Å². The molecule has 1 atom stereocenters. The number of rotatable bonds is 8. The van der Waals surface area contributed by atoms with Gasteiger partial charge in [-0.1, -0.05) is 48.6 Å². The van der Waals surface area contributed by atoms with Gasteiger partial charge < -0.3 is 15.1 Å². The summed E-state index contributed by atoms with van der Waals surface area (Å²) in [7, 11) is -3.04. The van der Waals surface area contributed by atoms with Gasteiger partial charge in [0.25, 0.3) is 0 Å². The van der Waals surface area contributed by atoms with E-state index in [1.54, 1.807) is 11.3 Å². The highest BCUT2D eigenvalue weighted by molar-refractivity contribution is 7.91. The van der Waals surface area contributed by atoms with Crippen molar-refractivity contribution in [1.29, 1.82) is 0 Å². The molecule has 3 heterocycles. The molecule has 4 rings (SSSR count). The molecule has 2 fully saturated rings. The molecule has 0 aliphatic carbocycles. The molecule has 1 aromatic heterocycles. The maximum Gasteiger partial charge on any atom is 0.414 e. The lowest BCUT2D eigenvalue weighted by Gasteiger charge is -2.36. The Morgan fingerprint density at radius 1 is 0.974 bits per heavy atom. The summed E-state index contributed by atoms with van der Waals surface area (Å²) in [5, 5.41) is 16.8. The molecular formula is C26H33N3O7S2. The highest BCUT2D eigenvalue weighted by Gasteiger charge is 2.35. The average molecular weight is 564 g/mol. The van der Waals surface area contributed by atoms with Gasteiger partial charge in [-0.05, 0) is 23.4 Å². The predicted octanol–water partition coefficient (Wildman–Crippen LogP) is 1.75. The van der Waals surface area contributed by atoms with Gasteiger partial charge in [-0.15, -0.1) is 11.3 Å². The Bertz CT molecular complexity index is 1180. The van der Waals surface area contributed by atoms with Gasteiger partial charge >= 0.3 is 11.9 Å². The number of carbonyl (C=O) groups excluding carboxylic acids is 1. The van der Waals surface area contributed by atoms with Gasteiger partial charge in [0.05, 0.1) is 24.6 Å². The van der Waals surface area contributed by atoms with Crippen LogP contribution >= 0.6 is 11.3 Å². The Balaban J connectivity index is 0.000000599. The van der Waals surface area contributed by atoms with E-state index < -0.39 is 21.8 Å². The van der Waals surface area contributed by atoms with Crippen LogP contribution in [0.5, 0.6) is 0 Å². The number of hydrogen-bond donors (Lipinski definition) is 2. The zero-order valence-electron chi connectivity index (χ0n) is 21.0. The summed E-state index contributed by atoms with van der Waals surface area (Å²) >= 11 is 1.61. The lowest BCUT2D eigenvalue weighted by molar-refractivity contribution is -0.159. The fraction of sp³-hybridized carbons (Fsp3) is 0.423. The van der Waals surface area contributed by atoms with Crippen molar-refractivity contribution in [2.45, 2.75) is 19.0 Å². The number of amides is 1. The molecule has 2 aliphatic heterocycles. The molecule has 10 nitrogen and oxygen atoms in total. The molecule has 1 amide bonds. The molecule has 38 heavy (non-hydrogen) atoms. The van der Waals surface area contributed by atoms with Crippen LogP contribution in [0.1, 0.15) is 16.9 Å². The van der Waals surface area contributed by atoms with E-state index in [1.165, 1.54) is 5.56 Å². The smallest absolute Gasteiger partial charge is 0.414 e. The van der Waals surface area contributed by atoms with Crippen LogP contribution in [0.2, 0.25) is 0 Å². The molecule has 12 heteroatoms. The second-order valence-corrected chi connectivity index (χ2v) is 12.4. The summed E-state index contributed by atoms with van der Waals surface area (Å²) in [6, 6.07) is 14.1. The molecule has 2 aliphatic rings. The summed E-state index contributed by atoms with van der Waals surface area (Å²) in [6.45, 7) is 5.31. The molecule has 206 valence electrons. The van der Waals surface area contributed by atoms with Crippen LogP contribution in [-0.4, -0.2) is 108 Å². The standard InChI is InChI=1S/C24H31N3O3S2.C2H2O4/c28-24(27(18-23-9-5-16-31-23)22-10-17-32(29,30)20-22)19-26-14-12-25(13-15-26)11-4-8-21-6-2-1-3-7-21;3-1(4)2(5)6/h1-9,16,22H,10-15,17-20H2;(H,3,4)(H,5,6)/b8-4+;. The van der Waals surface area contributed by atoms with Crippen molar-refractivity contribution < 1.29 is 33.0 Å². The molecule has 0 spiro atoms. The van der Waals surface area contributed by atoms with E-state index in [4.69, 9.17) is 19.8 Å². The lowest BCUT2D eigenvalue weighted by atomic mass is 10.2. The number of carbonyl (C=O) groups is 3. The first-order valence-corrected chi connectivity index (χ1v) is 15.0. The summed E-state index contributed by atoms with van der Waals surface area (Å²) in [5.74, 6) is -3.34. The number of benzene rings is 1. The molecule has 0 bridgehead atoms. The van der Waals surface area contributed by atoms with E-state index in [2.05, 4.69) is 34.1 Å². The van der Waals surface area contributed by atoms with Gasteiger partial charge in [-0.2, -0.15) is 0 Å². The Kier molecular flexibility index (Phi) is 11.0. The molecular weight excluding hydrogens is 530 g/mol. The number of aliphatic carboxylic acids is 2. The van der Waals surface area contributed by atoms with E-state index in [0.717, 1.165) is 37.6 Å². The highest BCUT2D eigenvalue weighted by atomic mass is 32.2. The predicted molar refractivity (Wildman–Crippen MR) is 146 cm³/mol. The SMILES string of the molecule is O=C(CN1CCN(C/C=C/c2ccccc2)CC1)N(Cc1cccs1)C1CCS(=O)(=O)C1.O=C(O)C(=O)O. The van der Waals surface area contributed by atoms with Crippen molar-refractivity contribution in [1.82, 2.24) is 14.7 Å². The van der Waals surface area contributed by atoms with Crippen LogP contribution in [-0.2, 0) is 30.8 Å². The monoisotopic (exact) mass is 563 g/mol. The molecule has 2 saturated heterocycles. The number of carboxylic acid groups (broad SMARTS) is 2. The van der Waals surface area contributed by atoms with E-state index >= 15 is 0 Å². The Labute approximate surface area is 226 Å². The minimum Gasteiger partial charge on any atom is -0.473 e. The quantitative estimate of drug-likeness (QED) is 0.461. The third-order valence-corrected chi connectivity index (χ3v) is 8.97. The van der Waals surface area contributed by atoms with Crippen LogP contribution in [0, 0.1) is 0 Å². The van der Waals surface area contributed by atoms with Crippen LogP contribution in [0.4, 0.5) is 0 Å². The number of nitrogens with zero attached hydrogens (tertiary/aromatic N) is 3. The topological polar surface area (TPSA) is 136 Å². The van der Waals surface area contributed by atoms with Gasteiger partial charge in [0.1, 0.15) is 0 Å². The van der Waals surface area contributed by atoms with Gasteiger partial charge in [0.2, 0.25) is 5.91 Å². The molecule has 1 aromatic carbocycles. The molecule has 1 unspecified atom stereocenters. The van der Waals surface area contributed by atoms with Gasteiger partial charge in [0.15, 0.2) is 9.84 Å². The molecule has 0 saturated carbocycles. The molecule has 2 N–H and O–H groups in total. The number of thiophene rings is 1. The zero-order valence-corrected chi connectivity index (χ0v) is 22.6. The second-order valence-electron chi connectivity index (χ2n) is 9.16. The van der Waals surface area contributed by atoms with Crippen molar-refractivity contribution in [3.8, 4) is 0 Å². The third-order valence-electron chi connectivity index (χ3n) is 6.36. The van der Waals surface area contributed by atoms with Crippen molar-refractivity contribution in [2.75, 3.05) is 50.8 Å². The van der Waals surface area contributed by atoms with E-state index in [9.17, 15) is 13.2 Å². The van der Waals surface area contributed by atoms with Crippen LogP contribution < -0.4 is 0 Å². The maximum atomic E-state index is 13.2. The van der Waals surface area contributed by atoms with E-state index in [-0.39, 0.29) is 23.5 Å². The normalized spacial score (nSPS) is 19.5. The number of piperazine rings is 1. The largest absolute Gasteiger partial charge is 0.473 e. The third kappa shape index (κ3) is 9.67. The first kappa shape index (κ1) is 29.5. The number of hydrogen-bond acceptors (Lipinski definition) is 8. The summed E-state index contributed by atoms with van der Waals surface area (Å²) in [6.07, 6.45) is 4.88. The van der Waals surface area contributed by atoms with Crippen LogP contribution in [0.3, 0.4) is 0 Å². The van der Waals surface area contributed by atoms with Gasteiger partial charge in [-0.3, -0.25) is 14.6 Å². The minimum absolute atomic E-state index is 0.0397. The first-order valence-electron chi connectivity index (χ1n) is 12.3. The van der Waals surface area contributed by atoms with Gasteiger partial charge in [-0.25, -0.2) is 18.0 Å². The van der Waals surface area contributed by atoms with Crippen molar-refractivity contribution in [3.63, 3.8) is 0 Å². The zero-order chi connectivity index (χ0) is 27.5. The number of carboxylic acids is 2. The lowest BCUT2D eigenvalue weighted by Crippen LogP contribution is -2.51. The Hall–Kier alpha value is -3.06. The average Bonchev–Trinajstić information content (AvgIpc) is 3.53. The van der Waals surface area contributed by atoms with Crippen LogP contribution in [0.25, 0.3) is 6.08 Å². The Morgan fingerprint density at radius 3 is 2.18 bits per heavy atom. The Morgan fingerprint density at radius 2 is 1.63 bits per heavy atom. The fourth-order valence-corrected chi connectivity index (χ4v) is 6.76. The summed E-state index contributed by atoms with van der Waals surface area (Å²) < 4.78 is 24.0. The fourth-order valence-electron chi connectivity index (χ4n) is 4.33. The van der Waals surface area contributed by atoms with Crippen molar-refractivity contribution in [3.05, 3.63) is 64.4 Å². The molecule has 0 radical (unpaired) electrons. The van der Waals surface area contributed by atoms with Gasteiger partial charge in [0, 0.05) is 43.6 Å². The molecule has 2 aromatic rings. The second kappa shape index (κ2) is 14.2. The number of sulfone groups is 1. The van der Waals surface area contributed by atoms with Crippen molar-refractivity contribution >= 4 is 45.1 Å². The van der Waals surface area contributed by atoms with Crippen LogP contribution in [0.15, 0.2) is 53.9 Å². The van der Waals surface area contributed by atoms with E-state index in [0.29, 0.717) is 19.5 Å². The van der Waals surface area contributed by atoms with Crippen molar-refractivity contribution in [2.24, 2.45) is 0 Å². The minimum atomic E-state index is -3.04. The first-order chi connectivity index (χ1) is 18.1. The summed E-state index contributed by atoms with van der Waals surface area (Å²) in [5.41, 5.74) is 1.21.